The maximum atomic E-state index is 11.0. The minimum atomic E-state index is 0.0109. The molecule has 0 spiro atoms. The molecule has 0 aliphatic carbocycles. The van der Waals surface area contributed by atoms with Crippen LogP contribution in [0.4, 0.5) is 5.82 Å². The molecular formula is C12H17ClN4O. The lowest BCUT2D eigenvalue weighted by atomic mass is 10.3. The number of nitrogens with zero attached hydrogens (tertiary/aromatic N) is 3. The van der Waals surface area contributed by atoms with E-state index in [2.05, 4.69) is 20.2 Å². The maximum Gasteiger partial charge on any atom is 0.217 e. The van der Waals surface area contributed by atoms with E-state index in [4.69, 9.17) is 11.6 Å². The van der Waals surface area contributed by atoms with E-state index in [1.54, 1.807) is 13.0 Å². The van der Waals surface area contributed by atoms with Gasteiger partial charge in [-0.25, -0.2) is 9.97 Å². The Labute approximate surface area is 112 Å². The van der Waals surface area contributed by atoms with Crippen LogP contribution >= 0.6 is 11.6 Å². The monoisotopic (exact) mass is 268 g/mol. The molecule has 0 saturated carbocycles. The fourth-order valence-electron chi connectivity index (χ4n) is 2.15. The van der Waals surface area contributed by atoms with E-state index in [1.165, 1.54) is 0 Å². The molecule has 1 aromatic heterocycles. The number of amides is 1. The smallest absolute Gasteiger partial charge is 0.217 e. The summed E-state index contributed by atoms with van der Waals surface area (Å²) in [5, 5.41) is 3.40. The fraction of sp³-hybridized carbons (Fsp3) is 0.583. The molecule has 1 unspecified atom stereocenters. The highest BCUT2D eigenvalue weighted by atomic mass is 35.5. The predicted octanol–water partition coefficient (Wildman–Crippen LogP) is 1.41. The Balaban J connectivity index is 2.09. The number of rotatable bonds is 3. The van der Waals surface area contributed by atoms with Crippen LogP contribution in [0.15, 0.2) is 6.07 Å². The Kier molecular flexibility index (Phi) is 4.01. The maximum absolute atomic E-state index is 11.0. The van der Waals surface area contributed by atoms with Crippen LogP contribution in [0.2, 0.25) is 5.15 Å². The molecule has 1 aromatic rings. The van der Waals surface area contributed by atoms with Crippen LogP contribution in [-0.2, 0) is 11.2 Å². The summed E-state index contributed by atoms with van der Waals surface area (Å²) in [5.41, 5.74) is 0. The van der Waals surface area contributed by atoms with Gasteiger partial charge in [0, 0.05) is 38.5 Å². The molecule has 0 bridgehead atoms. The van der Waals surface area contributed by atoms with Crippen molar-refractivity contribution in [3.05, 3.63) is 17.0 Å². The summed E-state index contributed by atoms with van der Waals surface area (Å²) in [5.74, 6) is 1.61. The topological polar surface area (TPSA) is 58.1 Å². The van der Waals surface area contributed by atoms with Crippen molar-refractivity contribution >= 4 is 23.3 Å². The highest BCUT2D eigenvalue weighted by molar-refractivity contribution is 6.29. The highest BCUT2D eigenvalue weighted by Gasteiger charge is 2.24. The average Bonchev–Trinajstić information content (AvgIpc) is 2.75. The molecule has 18 heavy (non-hydrogen) atoms. The third-order valence-corrected chi connectivity index (χ3v) is 3.16. The van der Waals surface area contributed by atoms with Gasteiger partial charge in [0.05, 0.1) is 0 Å². The summed E-state index contributed by atoms with van der Waals surface area (Å²) >= 11 is 5.98. The Morgan fingerprint density at radius 3 is 3.06 bits per heavy atom. The Hall–Kier alpha value is -1.36. The van der Waals surface area contributed by atoms with Crippen LogP contribution in [0.1, 0.15) is 26.1 Å². The number of carbonyl (C=O) groups is 1. The van der Waals surface area contributed by atoms with Crippen molar-refractivity contribution in [1.82, 2.24) is 15.3 Å². The Morgan fingerprint density at radius 2 is 2.39 bits per heavy atom. The van der Waals surface area contributed by atoms with E-state index in [0.717, 1.165) is 37.6 Å². The first-order valence-corrected chi connectivity index (χ1v) is 6.51. The van der Waals surface area contributed by atoms with Gasteiger partial charge in [-0.2, -0.15) is 0 Å². The molecule has 2 rings (SSSR count). The van der Waals surface area contributed by atoms with Crippen molar-refractivity contribution in [2.75, 3.05) is 18.0 Å². The average molecular weight is 269 g/mol. The molecule has 0 radical (unpaired) electrons. The summed E-state index contributed by atoms with van der Waals surface area (Å²) in [6, 6.07) is 1.97. The van der Waals surface area contributed by atoms with Crippen molar-refractivity contribution < 1.29 is 4.79 Å². The van der Waals surface area contributed by atoms with Gasteiger partial charge in [0.15, 0.2) is 0 Å². The molecule has 1 fully saturated rings. The first-order chi connectivity index (χ1) is 8.58. The molecular weight excluding hydrogens is 252 g/mol. The normalized spacial score (nSPS) is 19.1. The SMILES string of the molecule is CCc1nc(Cl)cc(N2CCC(NC(C)=O)C2)n1. The van der Waals surface area contributed by atoms with Crippen molar-refractivity contribution in [1.29, 1.82) is 0 Å². The molecule has 1 atom stereocenters. The summed E-state index contributed by atoms with van der Waals surface area (Å²) in [7, 11) is 0. The molecule has 2 heterocycles. The fourth-order valence-corrected chi connectivity index (χ4v) is 2.34. The number of aromatic nitrogens is 2. The zero-order chi connectivity index (χ0) is 13.1. The second kappa shape index (κ2) is 5.52. The number of carbonyl (C=O) groups excluding carboxylic acids is 1. The van der Waals surface area contributed by atoms with Gasteiger partial charge in [-0.3, -0.25) is 4.79 Å². The summed E-state index contributed by atoms with van der Waals surface area (Å²) in [6.07, 6.45) is 1.69. The minimum absolute atomic E-state index is 0.0109. The van der Waals surface area contributed by atoms with E-state index in [-0.39, 0.29) is 11.9 Å². The molecule has 0 aromatic carbocycles. The van der Waals surface area contributed by atoms with Gasteiger partial charge in [-0.05, 0) is 6.42 Å². The Morgan fingerprint density at radius 1 is 1.61 bits per heavy atom. The second-order valence-corrected chi connectivity index (χ2v) is 4.84. The van der Waals surface area contributed by atoms with Gasteiger partial charge in [-0.1, -0.05) is 18.5 Å². The molecule has 1 aliphatic heterocycles. The number of hydrogen-bond acceptors (Lipinski definition) is 4. The van der Waals surface area contributed by atoms with Gasteiger partial charge in [0.1, 0.15) is 16.8 Å². The summed E-state index contributed by atoms with van der Waals surface area (Å²) in [4.78, 5) is 21.8. The highest BCUT2D eigenvalue weighted by Crippen LogP contribution is 2.21. The van der Waals surface area contributed by atoms with Crippen LogP contribution in [0, 0.1) is 0 Å². The predicted molar refractivity (Wildman–Crippen MR) is 70.9 cm³/mol. The first-order valence-electron chi connectivity index (χ1n) is 6.14. The molecule has 5 nitrogen and oxygen atoms in total. The van der Waals surface area contributed by atoms with Crippen LogP contribution < -0.4 is 10.2 Å². The van der Waals surface area contributed by atoms with Crippen LogP contribution in [0.5, 0.6) is 0 Å². The lowest BCUT2D eigenvalue weighted by Crippen LogP contribution is -2.35. The van der Waals surface area contributed by atoms with Gasteiger partial charge >= 0.3 is 0 Å². The summed E-state index contributed by atoms with van der Waals surface area (Å²) in [6.45, 7) is 5.19. The first kappa shape index (κ1) is 13.1. The molecule has 1 saturated heterocycles. The third-order valence-electron chi connectivity index (χ3n) is 2.96. The largest absolute Gasteiger partial charge is 0.354 e. The van der Waals surface area contributed by atoms with Crippen molar-refractivity contribution in [2.45, 2.75) is 32.7 Å². The second-order valence-electron chi connectivity index (χ2n) is 4.45. The molecule has 1 aliphatic rings. The van der Waals surface area contributed by atoms with Crippen molar-refractivity contribution in [3.8, 4) is 0 Å². The molecule has 1 amide bonds. The number of halogens is 1. The van der Waals surface area contributed by atoms with Gasteiger partial charge in [0.25, 0.3) is 0 Å². The zero-order valence-corrected chi connectivity index (χ0v) is 11.4. The zero-order valence-electron chi connectivity index (χ0n) is 10.6. The summed E-state index contributed by atoms with van der Waals surface area (Å²) < 4.78 is 0. The molecule has 6 heteroatoms. The standard InChI is InChI=1S/C12H17ClN4O/c1-3-11-15-10(13)6-12(16-11)17-5-4-9(7-17)14-8(2)18/h6,9H,3-5,7H2,1-2H3,(H,14,18). The van der Waals surface area contributed by atoms with Crippen LogP contribution in [0.3, 0.4) is 0 Å². The number of anilines is 1. The Bertz CT molecular complexity index is 452. The molecule has 1 N–H and O–H groups in total. The van der Waals surface area contributed by atoms with E-state index < -0.39 is 0 Å². The van der Waals surface area contributed by atoms with Crippen LogP contribution in [0.25, 0.3) is 0 Å². The van der Waals surface area contributed by atoms with E-state index in [9.17, 15) is 4.79 Å². The van der Waals surface area contributed by atoms with E-state index in [0.29, 0.717) is 5.15 Å². The van der Waals surface area contributed by atoms with Crippen LogP contribution in [-0.4, -0.2) is 35.0 Å². The van der Waals surface area contributed by atoms with Gasteiger partial charge in [-0.15, -0.1) is 0 Å². The number of nitrogens with one attached hydrogen (secondary N) is 1. The lowest BCUT2D eigenvalue weighted by Gasteiger charge is -2.18. The number of hydrogen-bond donors (Lipinski definition) is 1. The minimum Gasteiger partial charge on any atom is -0.354 e. The quantitative estimate of drug-likeness (QED) is 0.842. The van der Waals surface area contributed by atoms with Gasteiger partial charge in [0.2, 0.25) is 5.91 Å². The van der Waals surface area contributed by atoms with E-state index in [1.807, 2.05) is 6.92 Å². The van der Waals surface area contributed by atoms with E-state index >= 15 is 0 Å². The van der Waals surface area contributed by atoms with Crippen molar-refractivity contribution in [3.63, 3.8) is 0 Å². The third kappa shape index (κ3) is 3.10. The lowest BCUT2D eigenvalue weighted by molar-refractivity contribution is -0.119. The van der Waals surface area contributed by atoms with Crippen molar-refractivity contribution in [2.24, 2.45) is 0 Å². The van der Waals surface area contributed by atoms with Gasteiger partial charge < -0.3 is 10.2 Å². The number of aryl methyl sites for hydroxylation is 1. The molecule has 98 valence electrons.